The van der Waals surface area contributed by atoms with Gasteiger partial charge in [0.1, 0.15) is 10.9 Å². The van der Waals surface area contributed by atoms with Gasteiger partial charge >= 0.3 is 0 Å². The predicted molar refractivity (Wildman–Crippen MR) is 160 cm³/mol. The quantitative estimate of drug-likeness (QED) is 0.404. The van der Waals surface area contributed by atoms with Gasteiger partial charge in [-0.1, -0.05) is 62.2 Å². The highest BCUT2D eigenvalue weighted by Crippen LogP contribution is 2.34. The van der Waals surface area contributed by atoms with E-state index >= 15 is 0 Å². The highest BCUT2D eigenvalue weighted by Gasteiger charge is 2.49. The van der Waals surface area contributed by atoms with Gasteiger partial charge in [-0.25, -0.2) is 13.1 Å². The van der Waals surface area contributed by atoms with E-state index in [1.807, 2.05) is 51.1 Å². The second-order valence-corrected chi connectivity index (χ2v) is 15.1. The van der Waals surface area contributed by atoms with Crippen molar-refractivity contribution in [2.75, 3.05) is 19.6 Å². The Morgan fingerprint density at radius 2 is 1.71 bits per heavy atom. The second kappa shape index (κ2) is 11.2. The summed E-state index contributed by atoms with van der Waals surface area (Å²) in [5.41, 5.74) is -0.555. The third kappa shape index (κ3) is 6.10. The molecule has 218 valence electrons. The number of carbonyl (C=O) groups is 3. The summed E-state index contributed by atoms with van der Waals surface area (Å²) in [6, 6.07) is 12.4. The molecule has 5 rings (SSSR count). The lowest BCUT2D eigenvalue weighted by Gasteiger charge is -2.39. The Hall–Kier alpha value is -2.70. The van der Waals surface area contributed by atoms with Crippen LogP contribution in [0.1, 0.15) is 36.9 Å². The van der Waals surface area contributed by atoms with Gasteiger partial charge in [-0.3, -0.25) is 14.4 Å². The molecule has 3 aromatic rings. The fourth-order valence-corrected chi connectivity index (χ4v) is 8.07. The summed E-state index contributed by atoms with van der Waals surface area (Å²) >= 11 is 13.3. The number of benzene rings is 2. The van der Waals surface area contributed by atoms with E-state index in [-0.39, 0.29) is 45.4 Å². The van der Waals surface area contributed by atoms with E-state index in [4.69, 9.17) is 23.2 Å². The molecular weight excluding hydrogens is 607 g/mol. The summed E-state index contributed by atoms with van der Waals surface area (Å²) in [5.74, 6) is -0.882. The number of likely N-dealkylation sites (tertiary alicyclic amines) is 2. The minimum Gasteiger partial charge on any atom is -0.339 e. The normalized spacial score (nSPS) is 19.5. The molecule has 9 nitrogen and oxygen atoms in total. The van der Waals surface area contributed by atoms with Crippen LogP contribution in [-0.2, 0) is 19.6 Å². The van der Waals surface area contributed by atoms with Crippen LogP contribution in [-0.4, -0.2) is 73.7 Å². The van der Waals surface area contributed by atoms with Gasteiger partial charge in [0.05, 0.1) is 28.5 Å². The number of nitrogens with one attached hydrogen (secondary N) is 2. The van der Waals surface area contributed by atoms with E-state index in [1.54, 1.807) is 9.80 Å². The van der Waals surface area contributed by atoms with Crippen LogP contribution in [0.5, 0.6) is 0 Å². The van der Waals surface area contributed by atoms with Crippen LogP contribution in [0.4, 0.5) is 0 Å². The summed E-state index contributed by atoms with van der Waals surface area (Å²) in [6.07, 6.45) is 0.589. The van der Waals surface area contributed by atoms with Gasteiger partial charge in [0.25, 0.3) is 5.91 Å². The molecule has 2 bridgehead atoms. The van der Waals surface area contributed by atoms with E-state index in [2.05, 4.69) is 10.0 Å². The Kier molecular flexibility index (Phi) is 8.12. The Labute approximate surface area is 252 Å². The van der Waals surface area contributed by atoms with Gasteiger partial charge in [-0.15, -0.1) is 11.3 Å². The van der Waals surface area contributed by atoms with Crippen molar-refractivity contribution < 1.29 is 22.8 Å². The van der Waals surface area contributed by atoms with Gasteiger partial charge in [-0.2, -0.15) is 0 Å². The molecule has 0 spiro atoms. The van der Waals surface area contributed by atoms with Crippen molar-refractivity contribution in [3.05, 3.63) is 63.5 Å². The number of nitrogens with zero attached hydrogens (tertiary/aromatic N) is 2. The number of halogens is 2. The molecule has 2 aliphatic heterocycles. The number of sulfonamides is 1. The summed E-state index contributed by atoms with van der Waals surface area (Å²) in [7, 11) is -4.06. The first kappa shape index (κ1) is 29.8. The summed E-state index contributed by atoms with van der Waals surface area (Å²) in [6.45, 7) is 5.87. The molecule has 13 heteroatoms. The van der Waals surface area contributed by atoms with E-state index in [9.17, 15) is 22.8 Å². The van der Waals surface area contributed by atoms with Gasteiger partial charge in [0.2, 0.25) is 21.8 Å². The first-order valence-electron chi connectivity index (χ1n) is 13.1. The molecule has 2 aliphatic rings. The predicted octanol–water partition coefficient (Wildman–Crippen LogP) is 4.14. The molecule has 0 aliphatic carbocycles. The lowest BCUT2D eigenvalue weighted by molar-refractivity contribution is -0.142. The van der Waals surface area contributed by atoms with Crippen molar-refractivity contribution >= 4 is 72.4 Å². The zero-order valence-corrected chi connectivity index (χ0v) is 25.8. The van der Waals surface area contributed by atoms with Crippen molar-refractivity contribution in [2.45, 2.75) is 50.2 Å². The van der Waals surface area contributed by atoms with Gasteiger partial charge < -0.3 is 15.1 Å². The molecule has 2 saturated heterocycles. The number of fused-ring (bicyclic) bond motifs is 3. The largest absolute Gasteiger partial charge is 0.339 e. The Balaban J connectivity index is 1.22. The van der Waals surface area contributed by atoms with E-state index in [0.717, 1.165) is 10.1 Å². The van der Waals surface area contributed by atoms with Crippen LogP contribution in [0.25, 0.3) is 10.1 Å². The molecule has 0 unspecified atom stereocenters. The van der Waals surface area contributed by atoms with E-state index < -0.39 is 33.9 Å². The number of hydrogen-bond donors (Lipinski definition) is 2. The average Bonchev–Trinajstić information content (AvgIpc) is 3.65. The number of hydrogen-bond acceptors (Lipinski definition) is 6. The lowest BCUT2D eigenvalue weighted by atomic mass is 9.85. The van der Waals surface area contributed by atoms with Crippen molar-refractivity contribution in [1.29, 1.82) is 0 Å². The molecule has 0 radical (unpaired) electrons. The standard InChI is InChI=1S/C28H30Cl2N4O5S2/c1-28(2,3)25(32-26(36)22-10-16-6-4-5-7-21(16)40-22)27(37)34-15-18-12-19(34)14-33(18)24(35)13-31-41(38,39)23-11-17(29)8-9-20(23)30/h4-11,18-19,25,31H,12-15H2,1-3H3,(H,32,36)/t18-,19-,25+/m0/s1. The van der Waals surface area contributed by atoms with Crippen LogP contribution in [0.3, 0.4) is 0 Å². The minimum absolute atomic E-state index is 0.00317. The third-order valence-corrected chi connectivity index (χ3v) is 10.7. The monoisotopic (exact) mass is 636 g/mol. The number of carbonyl (C=O) groups excluding carboxylic acids is 3. The molecule has 41 heavy (non-hydrogen) atoms. The van der Waals surface area contributed by atoms with Gasteiger partial charge in [0, 0.05) is 22.8 Å². The topological polar surface area (TPSA) is 116 Å². The average molecular weight is 638 g/mol. The molecule has 2 aromatic carbocycles. The zero-order valence-electron chi connectivity index (χ0n) is 22.7. The van der Waals surface area contributed by atoms with E-state index in [0.29, 0.717) is 17.8 Å². The van der Waals surface area contributed by atoms with Crippen molar-refractivity contribution in [1.82, 2.24) is 19.8 Å². The number of amides is 3. The summed E-state index contributed by atoms with van der Waals surface area (Å²) in [5, 5.41) is 4.14. The first-order chi connectivity index (χ1) is 19.2. The Bertz CT molecular complexity index is 1600. The summed E-state index contributed by atoms with van der Waals surface area (Å²) < 4.78 is 28.8. The number of rotatable bonds is 7. The second-order valence-electron chi connectivity index (χ2n) is 11.4. The zero-order chi connectivity index (χ0) is 29.7. The highest BCUT2D eigenvalue weighted by atomic mass is 35.5. The van der Waals surface area contributed by atoms with Crippen molar-refractivity contribution in [3.63, 3.8) is 0 Å². The molecule has 2 fully saturated rings. The fraction of sp³-hybridized carbons (Fsp3) is 0.393. The maximum Gasteiger partial charge on any atom is 0.262 e. The van der Waals surface area contributed by atoms with Crippen molar-refractivity contribution in [3.8, 4) is 0 Å². The smallest absolute Gasteiger partial charge is 0.262 e. The maximum absolute atomic E-state index is 13.8. The van der Waals surface area contributed by atoms with Gasteiger partial charge in [-0.05, 0) is 47.6 Å². The van der Waals surface area contributed by atoms with Crippen LogP contribution in [0.2, 0.25) is 10.0 Å². The van der Waals surface area contributed by atoms with Gasteiger partial charge in [0.15, 0.2) is 0 Å². The third-order valence-electron chi connectivity index (χ3n) is 7.48. The van der Waals surface area contributed by atoms with Crippen LogP contribution >= 0.6 is 34.5 Å². The Morgan fingerprint density at radius 1 is 1.02 bits per heavy atom. The fourth-order valence-electron chi connectivity index (χ4n) is 5.37. The molecule has 0 saturated carbocycles. The molecule has 2 N–H and O–H groups in total. The number of thiophene rings is 1. The van der Waals surface area contributed by atoms with E-state index in [1.165, 1.54) is 29.5 Å². The SMILES string of the molecule is CC(C)(C)[C@H](NC(=O)c1cc2ccccc2s1)C(=O)N1C[C@@H]2C[C@H]1CN2C(=O)CNS(=O)(=O)c1cc(Cl)ccc1Cl. The molecular formula is C28H30Cl2N4O5S2. The Morgan fingerprint density at radius 3 is 2.37 bits per heavy atom. The number of piperazine rings is 1. The van der Waals surface area contributed by atoms with Crippen LogP contribution < -0.4 is 10.0 Å². The maximum atomic E-state index is 13.8. The minimum atomic E-state index is -4.06. The first-order valence-corrected chi connectivity index (χ1v) is 16.1. The molecule has 3 heterocycles. The van der Waals surface area contributed by atoms with Crippen LogP contribution in [0.15, 0.2) is 53.4 Å². The van der Waals surface area contributed by atoms with Crippen LogP contribution in [0, 0.1) is 5.41 Å². The molecule has 3 atom stereocenters. The molecule has 3 amide bonds. The molecule has 1 aromatic heterocycles. The summed E-state index contributed by atoms with van der Waals surface area (Å²) in [4.78, 5) is 43.6. The lowest BCUT2D eigenvalue weighted by Crippen LogP contribution is -2.59. The van der Waals surface area contributed by atoms with Crippen molar-refractivity contribution in [2.24, 2.45) is 5.41 Å². The highest BCUT2D eigenvalue weighted by molar-refractivity contribution is 7.89.